The zero-order valence-electron chi connectivity index (χ0n) is 11.7. The molecule has 0 spiro atoms. The van der Waals surface area contributed by atoms with Crippen LogP contribution in [0.1, 0.15) is 20.3 Å². The van der Waals surface area contributed by atoms with Crippen molar-refractivity contribution >= 4 is 17.8 Å². The van der Waals surface area contributed by atoms with Crippen LogP contribution >= 0.6 is 0 Å². The molecule has 7 heteroatoms. The highest BCUT2D eigenvalue weighted by atomic mass is 16.3. The predicted molar refractivity (Wildman–Crippen MR) is 73.1 cm³/mol. The van der Waals surface area contributed by atoms with Gasteiger partial charge >= 0.3 is 0 Å². The summed E-state index contributed by atoms with van der Waals surface area (Å²) in [6, 6.07) is 0. The van der Waals surface area contributed by atoms with Crippen molar-refractivity contribution in [2.75, 3.05) is 43.3 Å². The lowest BCUT2D eigenvalue weighted by Crippen LogP contribution is -2.38. The molecule has 1 aromatic heterocycles. The Hall–Kier alpha value is -1.63. The monoisotopic (exact) mass is 254 g/mol. The van der Waals surface area contributed by atoms with Crippen LogP contribution in [-0.2, 0) is 0 Å². The number of hydrogen-bond donors (Lipinski definition) is 3. The van der Waals surface area contributed by atoms with Crippen molar-refractivity contribution in [2.45, 2.75) is 25.8 Å². The lowest BCUT2D eigenvalue weighted by atomic mass is 10.0. The van der Waals surface area contributed by atoms with Crippen LogP contribution in [0, 0.1) is 0 Å². The summed E-state index contributed by atoms with van der Waals surface area (Å²) in [6.45, 7) is 3.93. The number of anilines is 3. The molecule has 1 unspecified atom stereocenters. The van der Waals surface area contributed by atoms with Crippen LogP contribution < -0.4 is 15.5 Å². The van der Waals surface area contributed by atoms with E-state index in [0.29, 0.717) is 17.8 Å². The van der Waals surface area contributed by atoms with Crippen LogP contribution in [0.15, 0.2) is 0 Å². The molecule has 0 aromatic carbocycles. The Morgan fingerprint density at radius 2 is 1.83 bits per heavy atom. The average Bonchev–Trinajstić information content (AvgIpc) is 2.38. The van der Waals surface area contributed by atoms with Gasteiger partial charge in [-0.1, -0.05) is 6.92 Å². The molecule has 1 rings (SSSR count). The highest BCUT2D eigenvalue weighted by molar-refractivity contribution is 5.43. The fourth-order valence-corrected chi connectivity index (χ4v) is 1.24. The van der Waals surface area contributed by atoms with Gasteiger partial charge in [0.15, 0.2) is 0 Å². The van der Waals surface area contributed by atoms with E-state index < -0.39 is 5.54 Å². The second kappa shape index (κ2) is 5.81. The molecule has 0 amide bonds. The minimum absolute atomic E-state index is 0.0152. The first kappa shape index (κ1) is 14.4. The van der Waals surface area contributed by atoms with Gasteiger partial charge in [-0.25, -0.2) is 0 Å². The molecule has 102 valence electrons. The van der Waals surface area contributed by atoms with Gasteiger partial charge in [-0.3, -0.25) is 0 Å². The predicted octanol–water partition coefficient (Wildman–Crippen LogP) is 0.552. The molecule has 0 radical (unpaired) electrons. The summed E-state index contributed by atoms with van der Waals surface area (Å²) in [5, 5.41) is 15.4. The summed E-state index contributed by atoms with van der Waals surface area (Å²) in [5.41, 5.74) is -0.435. The molecule has 0 saturated carbocycles. The third-order valence-corrected chi connectivity index (χ3v) is 2.79. The third-order valence-electron chi connectivity index (χ3n) is 2.79. The second-order valence-electron chi connectivity index (χ2n) is 4.62. The number of rotatable bonds is 6. The van der Waals surface area contributed by atoms with Gasteiger partial charge in [0.2, 0.25) is 17.8 Å². The first-order chi connectivity index (χ1) is 8.44. The number of hydrogen-bond acceptors (Lipinski definition) is 7. The van der Waals surface area contributed by atoms with Gasteiger partial charge in [0.1, 0.15) is 0 Å². The van der Waals surface area contributed by atoms with Gasteiger partial charge in [-0.15, -0.1) is 0 Å². The zero-order chi connectivity index (χ0) is 13.8. The number of aliphatic hydroxyl groups is 1. The molecule has 0 fully saturated rings. The van der Waals surface area contributed by atoms with Gasteiger partial charge in [-0.05, 0) is 13.3 Å². The highest BCUT2D eigenvalue weighted by Gasteiger charge is 2.22. The number of aliphatic hydroxyl groups excluding tert-OH is 1. The van der Waals surface area contributed by atoms with E-state index in [2.05, 4.69) is 25.6 Å². The van der Waals surface area contributed by atoms with Crippen LogP contribution in [0.25, 0.3) is 0 Å². The van der Waals surface area contributed by atoms with E-state index in [9.17, 15) is 5.11 Å². The number of aromatic nitrogens is 3. The quantitative estimate of drug-likeness (QED) is 0.683. The lowest BCUT2D eigenvalue weighted by Gasteiger charge is -2.27. The molecule has 18 heavy (non-hydrogen) atoms. The average molecular weight is 254 g/mol. The molecule has 1 atom stereocenters. The van der Waals surface area contributed by atoms with Crippen LogP contribution in [-0.4, -0.2) is 53.3 Å². The summed E-state index contributed by atoms with van der Waals surface area (Å²) in [5.74, 6) is 1.51. The molecular formula is C11H22N6O. The van der Waals surface area contributed by atoms with Crippen molar-refractivity contribution in [3.05, 3.63) is 0 Å². The smallest absolute Gasteiger partial charge is 0.231 e. The molecule has 0 bridgehead atoms. The lowest BCUT2D eigenvalue weighted by molar-refractivity contribution is 0.218. The van der Waals surface area contributed by atoms with E-state index in [1.54, 1.807) is 11.9 Å². The molecule has 0 aliphatic heterocycles. The van der Waals surface area contributed by atoms with Gasteiger partial charge in [0, 0.05) is 21.1 Å². The molecule has 0 saturated heterocycles. The molecule has 0 aliphatic rings. The van der Waals surface area contributed by atoms with E-state index in [0.717, 1.165) is 6.42 Å². The fourth-order valence-electron chi connectivity index (χ4n) is 1.24. The summed E-state index contributed by atoms with van der Waals surface area (Å²) >= 11 is 0. The van der Waals surface area contributed by atoms with E-state index in [1.807, 2.05) is 27.9 Å². The Kier molecular flexibility index (Phi) is 4.66. The maximum Gasteiger partial charge on any atom is 0.231 e. The molecule has 1 heterocycles. The molecule has 0 aliphatic carbocycles. The topological polar surface area (TPSA) is 86.2 Å². The second-order valence-corrected chi connectivity index (χ2v) is 4.62. The Balaban J connectivity index is 3.04. The summed E-state index contributed by atoms with van der Waals surface area (Å²) in [6.07, 6.45) is 0.765. The van der Waals surface area contributed by atoms with Crippen LogP contribution in [0.3, 0.4) is 0 Å². The third kappa shape index (κ3) is 3.43. The Labute approximate surface area is 108 Å². The van der Waals surface area contributed by atoms with E-state index in [1.165, 1.54) is 0 Å². The first-order valence-corrected chi connectivity index (χ1v) is 5.94. The van der Waals surface area contributed by atoms with E-state index >= 15 is 0 Å². The van der Waals surface area contributed by atoms with Crippen LogP contribution in [0.2, 0.25) is 0 Å². The summed E-state index contributed by atoms with van der Waals surface area (Å²) in [7, 11) is 5.48. The van der Waals surface area contributed by atoms with Gasteiger partial charge in [0.25, 0.3) is 0 Å². The Morgan fingerprint density at radius 1 is 1.22 bits per heavy atom. The highest BCUT2D eigenvalue weighted by Crippen LogP contribution is 2.17. The van der Waals surface area contributed by atoms with Gasteiger partial charge < -0.3 is 20.6 Å². The molecule has 3 N–H and O–H groups in total. The van der Waals surface area contributed by atoms with Crippen molar-refractivity contribution in [1.82, 2.24) is 15.0 Å². The molecular weight excluding hydrogens is 232 g/mol. The van der Waals surface area contributed by atoms with Gasteiger partial charge in [0.05, 0.1) is 12.1 Å². The fraction of sp³-hybridized carbons (Fsp3) is 0.727. The normalized spacial score (nSPS) is 13.9. The van der Waals surface area contributed by atoms with E-state index in [4.69, 9.17) is 0 Å². The van der Waals surface area contributed by atoms with Crippen molar-refractivity contribution in [1.29, 1.82) is 0 Å². The molecule has 7 nitrogen and oxygen atoms in total. The minimum Gasteiger partial charge on any atom is -0.394 e. The minimum atomic E-state index is -0.435. The molecule has 1 aromatic rings. The summed E-state index contributed by atoms with van der Waals surface area (Å²) in [4.78, 5) is 14.6. The van der Waals surface area contributed by atoms with Crippen molar-refractivity contribution in [3.8, 4) is 0 Å². The first-order valence-electron chi connectivity index (χ1n) is 5.94. The van der Waals surface area contributed by atoms with Crippen LogP contribution in [0.5, 0.6) is 0 Å². The largest absolute Gasteiger partial charge is 0.394 e. The van der Waals surface area contributed by atoms with Gasteiger partial charge in [-0.2, -0.15) is 15.0 Å². The van der Waals surface area contributed by atoms with E-state index in [-0.39, 0.29) is 6.61 Å². The van der Waals surface area contributed by atoms with Crippen LogP contribution in [0.4, 0.5) is 17.8 Å². The standard InChI is InChI=1S/C11H22N6O/c1-6-11(2,7-18)16-9-13-8(12-3)14-10(15-9)17(4)5/h18H,6-7H2,1-5H3,(H2,12,13,14,15,16). The Bertz CT molecular complexity index is 391. The number of nitrogens with one attached hydrogen (secondary N) is 2. The van der Waals surface area contributed by atoms with Crippen molar-refractivity contribution in [2.24, 2.45) is 0 Å². The SMILES string of the molecule is CCC(C)(CO)Nc1nc(NC)nc(N(C)C)n1. The Morgan fingerprint density at radius 3 is 2.28 bits per heavy atom. The zero-order valence-corrected chi connectivity index (χ0v) is 11.7. The van der Waals surface area contributed by atoms with Crippen molar-refractivity contribution in [3.63, 3.8) is 0 Å². The number of nitrogens with zero attached hydrogens (tertiary/aromatic N) is 4. The maximum atomic E-state index is 9.39. The maximum absolute atomic E-state index is 9.39. The van der Waals surface area contributed by atoms with Crippen molar-refractivity contribution < 1.29 is 5.11 Å². The summed E-state index contributed by atoms with van der Waals surface area (Å²) < 4.78 is 0.